The van der Waals surface area contributed by atoms with Crippen LogP contribution in [0.25, 0.3) is 0 Å². The zero-order valence-corrected chi connectivity index (χ0v) is 43.0. The average Bonchev–Trinajstić information content (AvgIpc) is 3.31. The van der Waals surface area contributed by atoms with Crippen LogP contribution in [0.2, 0.25) is 0 Å². The third-order valence-corrected chi connectivity index (χ3v) is 14.2. The third kappa shape index (κ3) is 36.8. The molecule has 0 spiro atoms. The van der Waals surface area contributed by atoms with Crippen molar-refractivity contribution in [3.63, 3.8) is 0 Å². The van der Waals surface area contributed by atoms with Crippen molar-refractivity contribution in [2.75, 3.05) is 13.2 Å². The lowest BCUT2D eigenvalue weighted by molar-refractivity contribution is -0.302. The summed E-state index contributed by atoms with van der Waals surface area (Å²) in [7, 11) is 0. The lowest BCUT2D eigenvalue weighted by atomic mass is 9.99. The second kappa shape index (κ2) is 46.9. The lowest BCUT2D eigenvalue weighted by Crippen LogP contribution is -2.60. The van der Waals surface area contributed by atoms with Crippen LogP contribution < -0.4 is 5.32 Å². The summed E-state index contributed by atoms with van der Waals surface area (Å²) < 4.78 is 11.3. The smallest absolute Gasteiger partial charge is 0.220 e. The van der Waals surface area contributed by atoms with Crippen LogP contribution in [0.15, 0.2) is 0 Å². The molecule has 1 fully saturated rings. The molecule has 9 heteroatoms. The maximum atomic E-state index is 13.0. The topological polar surface area (TPSA) is 149 Å². The zero-order valence-electron chi connectivity index (χ0n) is 43.0. The Morgan fingerprint density at radius 3 is 1.09 bits per heavy atom. The van der Waals surface area contributed by atoms with Gasteiger partial charge < -0.3 is 40.3 Å². The SMILES string of the molecule is CCCCCCCCCCCCCCCCCCCCCCCCCCCCCCCC(=O)N[C@@H](CO[C@@H]1O[C@H](CO)[C@H](O)C(O)C1O)[C@H](O)CCCCCCCCCCCCCCC. The van der Waals surface area contributed by atoms with Crippen LogP contribution in [-0.2, 0) is 14.3 Å². The van der Waals surface area contributed by atoms with Gasteiger partial charge in [0.2, 0.25) is 5.91 Å². The first-order chi connectivity index (χ1) is 31.8. The maximum absolute atomic E-state index is 13.0. The van der Waals surface area contributed by atoms with Crippen molar-refractivity contribution in [3.8, 4) is 0 Å². The molecular weight excluding hydrogens is 815 g/mol. The minimum atomic E-state index is -1.55. The van der Waals surface area contributed by atoms with Crippen LogP contribution in [0, 0.1) is 0 Å². The minimum Gasteiger partial charge on any atom is -0.394 e. The number of ether oxygens (including phenoxy) is 2. The Morgan fingerprint density at radius 1 is 0.462 bits per heavy atom. The van der Waals surface area contributed by atoms with E-state index >= 15 is 0 Å². The molecule has 1 aliphatic rings. The summed E-state index contributed by atoms with van der Waals surface area (Å²) in [6, 6.07) is -0.712. The first-order valence-electron chi connectivity index (χ1n) is 28.7. The van der Waals surface area contributed by atoms with Gasteiger partial charge in [-0.1, -0.05) is 277 Å². The van der Waals surface area contributed by atoms with Crippen molar-refractivity contribution < 1.29 is 39.8 Å². The van der Waals surface area contributed by atoms with Gasteiger partial charge in [-0.25, -0.2) is 0 Å². The van der Waals surface area contributed by atoms with Gasteiger partial charge in [0.05, 0.1) is 25.4 Å². The molecule has 65 heavy (non-hydrogen) atoms. The number of aliphatic hydroxyl groups excluding tert-OH is 5. The van der Waals surface area contributed by atoms with Gasteiger partial charge in [-0.3, -0.25) is 4.79 Å². The summed E-state index contributed by atoms with van der Waals surface area (Å²) in [6.07, 6.45) is 48.6. The molecule has 2 unspecified atom stereocenters. The van der Waals surface area contributed by atoms with Gasteiger partial charge >= 0.3 is 0 Å². The predicted octanol–water partition coefficient (Wildman–Crippen LogP) is 13.9. The molecule has 6 N–H and O–H groups in total. The standard InChI is InChI=1S/C56H111NO8/c1-3-5-7-9-11-13-15-17-18-19-20-21-22-23-24-25-26-27-28-29-30-31-32-34-36-38-40-42-44-46-52(60)57-49(48-64-56-55(63)54(62)53(61)51(47-58)65-56)50(59)45-43-41-39-37-35-33-16-14-12-10-8-6-4-2/h49-51,53-56,58-59,61-63H,3-48H2,1-2H3,(H,57,60)/t49-,50+,51+,53-,54?,55?,56+/m0/s1. The minimum absolute atomic E-state index is 0.131. The van der Waals surface area contributed by atoms with E-state index in [2.05, 4.69) is 19.2 Å². The van der Waals surface area contributed by atoms with Crippen LogP contribution >= 0.6 is 0 Å². The number of hydrogen-bond donors (Lipinski definition) is 6. The molecule has 1 heterocycles. The Balaban J connectivity index is 2.11. The van der Waals surface area contributed by atoms with Crippen LogP contribution in [0.4, 0.5) is 0 Å². The summed E-state index contributed by atoms with van der Waals surface area (Å²) in [5, 5.41) is 54.5. The van der Waals surface area contributed by atoms with Gasteiger partial charge in [0.15, 0.2) is 6.29 Å². The van der Waals surface area contributed by atoms with E-state index in [0.29, 0.717) is 12.8 Å². The highest BCUT2D eigenvalue weighted by Crippen LogP contribution is 2.23. The summed E-state index contributed by atoms with van der Waals surface area (Å²) in [6.45, 7) is 3.87. The van der Waals surface area contributed by atoms with Crippen LogP contribution in [0.3, 0.4) is 0 Å². The first kappa shape index (κ1) is 62.2. The Bertz CT molecular complexity index is 986. The average molecular weight is 927 g/mol. The normalized spacial score (nSPS) is 19.8. The van der Waals surface area contributed by atoms with Gasteiger partial charge in [0.1, 0.15) is 24.4 Å². The number of rotatable bonds is 50. The molecule has 1 amide bonds. The summed E-state index contributed by atoms with van der Waals surface area (Å²) in [5.41, 5.74) is 0. The summed E-state index contributed by atoms with van der Waals surface area (Å²) in [4.78, 5) is 13.0. The first-order valence-corrected chi connectivity index (χ1v) is 28.7. The molecule has 0 aromatic rings. The highest BCUT2D eigenvalue weighted by Gasteiger charge is 2.44. The number of amides is 1. The Kier molecular flexibility index (Phi) is 44.9. The maximum Gasteiger partial charge on any atom is 0.220 e. The molecule has 1 rings (SSSR count). The van der Waals surface area contributed by atoms with E-state index in [9.17, 15) is 30.3 Å². The second-order valence-corrected chi connectivity index (χ2v) is 20.5. The number of carbonyl (C=O) groups is 1. The molecule has 388 valence electrons. The van der Waals surface area contributed by atoms with E-state index in [1.165, 1.54) is 231 Å². The molecule has 7 atom stereocenters. The molecule has 0 aromatic heterocycles. The highest BCUT2D eigenvalue weighted by atomic mass is 16.7. The van der Waals surface area contributed by atoms with Gasteiger partial charge in [-0.05, 0) is 12.8 Å². The van der Waals surface area contributed by atoms with Gasteiger partial charge in [-0.15, -0.1) is 0 Å². The van der Waals surface area contributed by atoms with Crippen molar-refractivity contribution in [2.45, 2.75) is 339 Å². The van der Waals surface area contributed by atoms with E-state index in [0.717, 1.165) is 38.5 Å². The number of carbonyl (C=O) groups excluding carboxylic acids is 1. The van der Waals surface area contributed by atoms with E-state index in [4.69, 9.17) is 9.47 Å². The van der Waals surface area contributed by atoms with Crippen LogP contribution in [0.5, 0.6) is 0 Å². The molecule has 0 bridgehead atoms. The fraction of sp³-hybridized carbons (Fsp3) is 0.982. The zero-order chi connectivity index (χ0) is 47.3. The molecule has 0 aromatic carbocycles. The van der Waals surface area contributed by atoms with Crippen LogP contribution in [0.1, 0.15) is 296 Å². The van der Waals surface area contributed by atoms with Gasteiger partial charge in [0, 0.05) is 6.42 Å². The van der Waals surface area contributed by atoms with Crippen molar-refractivity contribution in [2.24, 2.45) is 0 Å². The monoisotopic (exact) mass is 926 g/mol. The molecule has 0 aliphatic carbocycles. The fourth-order valence-electron chi connectivity index (χ4n) is 9.64. The number of nitrogens with one attached hydrogen (secondary N) is 1. The highest BCUT2D eigenvalue weighted by molar-refractivity contribution is 5.76. The van der Waals surface area contributed by atoms with Gasteiger partial charge in [0.25, 0.3) is 0 Å². The van der Waals surface area contributed by atoms with E-state index in [1.54, 1.807) is 0 Å². The van der Waals surface area contributed by atoms with Crippen molar-refractivity contribution >= 4 is 5.91 Å². The van der Waals surface area contributed by atoms with Gasteiger partial charge in [-0.2, -0.15) is 0 Å². The van der Waals surface area contributed by atoms with E-state index in [1.807, 2.05) is 0 Å². The molecule has 0 saturated carbocycles. The second-order valence-electron chi connectivity index (χ2n) is 20.5. The summed E-state index contributed by atoms with van der Waals surface area (Å²) in [5.74, 6) is -0.137. The molecule has 0 radical (unpaired) electrons. The molecule has 9 nitrogen and oxygen atoms in total. The van der Waals surface area contributed by atoms with Crippen molar-refractivity contribution in [1.82, 2.24) is 5.32 Å². The third-order valence-electron chi connectivity index (χ3n) is 14.2. The van der Waals surface area contributed by atoms with E-state index < -0.39 is 49.5 Å². The Hall–Kier alpha value is -0.810. The number of aliphatic hydroxyl groups is 5. The Morgan fingerprint density at radius 2 is 0.769 bits per heavy atom. The quantitative estimate of drug-likeness (QED) is 0.0330. The van der Waals surface area contributed by atoms with E-state index in [-0.39, 0.29) is 12.5 Å². The summed E-state index contributed by atoms with van der Waals surface area (Å²) >= 11 is 0. The van der Waals surface area contributed by atoms with Crippen molar-refractivity contribution in [1.29, 1.82) is 0 Å². The van der Waals surface area contributed by atoms with Crippen molar-refractivity contribution in [3.05, 3.63) is 0 Å². The number of hydrogen-bond acceptors (Lipinski definition) is 8. The Labute approximate surface area is 402 Å². The molecular formula is C56H111NO8. The van der Waals surface area contributed by atoms with Crippen LogP contribution in [-0.4, -0.2) is 87.5 Å². The predicted molar refractivity (Wildman–Crippen MR) is 272 cm³/mol. The lowest BCUT2D eigenvalue weighted by Gasteiger charge is -2.40. The number of unbranched alkanes of at least 4 members (excludes halogenated alkanes) is 40. The molecule has 1 saturated heterocycles. The fourth-order valence-corrected chi connectivity index (χ4v) is 9.64. The largest absolute Gasteiger partial charge is 0.394 e. The molecule has 1 aliphatic heterocycles.